The van der Waals surface area contributed by atoms with Gasteiger partial charge in [-0.1, -0.05) is 23.4 Å². The third kappa shape index (κ3) is 4.85. The molecule has 5 rings (SSSR count). The summed E-state index contributed by atoms with van der Waals surface area (Å²) in [5, 5.41) is 22.0. The first-order valence-electron chi connectivity index (χ1n) is 11.1. The van der Waals surface area contributed by atoms with Crippen molar-refractivity contribution in [2.45, 2.75) is 54.5 Å². The summed E-state index contributed by atoms with van der Waals surface area (Å²) in [6, 6.07) is 4.74. The summed E-state index contributed by atoms with van der Waals surface area (Å²) in [6.45, 7) is 2.97. The molecule has 1 amide bonds. The van der Waals surface area contributed by atoms with Crippen molar-refractivity contribution in [3.63, 3.8) is 0 Å². The zero-order chi connectivity index (χ0) is 26.6. The number of aliphatic hydroxyl groups is 2. The Hall–Kier alpha value is -2.58. The Bertz CT molecular complexity index is 1380. The van der Waals surface area contributed by atoms with Crippen molar-refractivity contribution in [1.82, 2.24) is 0 Å². The van der Waals surface area contributed by atoms with Gasteiger partial charge in [0.05, 0.1) is 15.2 Å². The van der Waals surface area contributed by atoms with Gasteiger partial charge in [0.2, 0.25) is 0 Å². The van der Waals surface area contributed by atoms with Crippen LogP contribution in [-0.2, 0) is 9.84 Å². The minimum atomic E-state index is -4.03. The van der Waals surface area contributed by atoms with Crippen LogP contribution in [0.1, 0.15) is 43.5 Å². The van der Waals surface area contributed by atoms with Gasteiger partial charge in [0.1, 0.15) is 11.2 Å². The quantitative estimate of drug-likeness (QED) is 0.400. The Morgan fingerprint density at radius 2 is 1.69 bits per heavy atom. The summed E-state index contributed by atoms with van der Waals surface area (Å²) in [6.07, 6.45) is 0.845. The number of amides is 1. The lowest BCUT2D eigenvalue weighted by atomic mass is 9.54. The van der Waals surface area contributed by atoms with Crippen molar-refractivity contribution in [2.75, 3.05) is 5.32 Å². The SMILES string of the molecule is CC(C)(O)C#CC1(O)C2CC1CC(S(=O)(=O)c1cc(C(=O)Nc3cc(F)c(F)c(F)c3)ccc1Cl)C2. The number of fused-ring (bicyclic) bond motifs is 2. The summed E-state index contributed by atoms with van der Waals surface area (Å²) in [5.74, 6) is -1.02. The number of hydrogen-bond acceptors (Lipinski definition) is 5. The summed E-state index contributed by atoms with van der Waals surface area (Å²) in [7, 11) is -4.03. The van der Waals surface area contributed by atoms with E-state index in [1.807, 2.05) is 0 Å². The van der Waals surface area contributed by atoms with Crippen molar-refractivity contribution < 1.29 is 36.6 Å². The zero-order valence-electron chi connectivity index (χ0n) is 19.3. The van der Waals surface area contributed by atoms with E-state index in [1.54, 1.807) is 0 Å². The van der Waals surface area contributed by atoms with E-state index in [9.17, 15) is 36.6 Å². The van der Waals surface area contributed by atoms with Crippen LogP contribution in [0.3, 0.4) is 0 Å². The van der Waals surface area contributed by atoms with Gasteiger partial charge < -0.3 is 15.5 Å². The highest BCUT2D eigenvalue weighted by atomic mass is 35.5. The fourth-order valence-electron chi connectivity index (χ4n) is 4.74. The van der Waals surface area contributed by atoms with E-state index in [0.717, 1.165) is 6.07 Å². The fourth-order valence-corrected chi connectivity index (χ4v) is 7.14. The molecule has 0 saturated heterocycles. The molecule has 0 aromatic heterocycles. The molecule has 2 bridgehead atoms. The number of rotatable bonds is 4. The Balaban J connectivity index is 1.56. The van der Waals surface area contributed by atoms with Crippen LogP contribution in [-0.4, -0.2) is 41.0 Å². The molecule has 2 aromatic rings. The lowest BCUT2D eigenvalue weighted by Crippen LogP contribution is -2.61. The second-order valence-corrected chi connectivity index (χ2v) is 12.4. The van der Waals surface area contributed by atoms with E-state index in [4.69, 9.17) is 11.6 Å². The fraction of sp³-hybridized carbons (Fsp3) is 0.400. The average Bonchev–Trinajstić information content (AvgIpc) is 2.80. The number of carbonyl (C=O) groups excluding carboxylic acids is 1. The third-order valence-electron chi connectivity index (χ3n) is 6.66. The molecule has 36 heavy (non-hydrogen) atoms. The molecule has 3 fully saturated rings. The monoisotopic (exact) mass is 541 g/mol. The van der Waals surface area contributed by atoms with Crippen LogP contribution in [0.4, 0.5) is 18.9 Å². The van der Waals surface area contributed by atoms with Gasteiger partial charge in [-0.05, 0) is 51.3 Å². The first-order valence-corrected chi connectivity index (χ1v) is 13.0. The summed E-state index contributed by atoms with van der Waals surface area (Å²) in [5.41, 5.74) is -3.17. The van der Waals surface area contributed by atoms with Gasteiger partial charge in [0, 0.05) is 35.2 Å². The van der Waals surface area contributed by atoms with Crippen molar-refractivity contribution in [3.8, 4) is 11.8 Å². The van der Waals surface area contributed by atoms with Crippen LogP contribution in [0, 0.1) is 41.1 Å². The highest BCUT2D eigenvalue weighted by Gasteiger charge is 2.59. The first-order chi connectivity index (χ1) is 16.6. The predicted molar refractivity (Wildman–Crippen MR) is 127 cm³/mol. The number of carbonyl (C=O) groups is 1. The molecule has 11 heteroatoms. The standard InChI is InChI=1S/C25H23ClF3NO5S/c1-24(2,32)5-6-25(33)14-8-15(25)10-17(9-14)36(34,35)21-7-13(3-4-18(21)26)23(31)30-16-11-19(27)22(29)20(28)12-16/h3-4,7,11-12,14-15,17,32-33H,8-10H2,1-2H3,(H,30,31). The van der Waals surface area contributed by atoms with Crippen LogP contribution < -0.4 is 5.32 Å². The number of benzene rings is 2. The molecule has 6 nitrogen and oxygen atoms in total. The molecule has 3 N–H and O–H groups in total. The highest BCUT2D eigenvalue weighted by molar-refractivity contribution is 7.92. The highest BCUT2D eigenvalue weighted by Crippen LogP contribution is 2.55. The van der Waals surface area contributed by atoms with Gasteiger partial charge in [-0.3, -0.25) is 4.79 Å². The molecular formula is C25H23ClF3NO5S. The van der Waals surface area contributed by atoms with Crippen molar-refractivity contribution >= 4 is 33.0 Å². The van der Waals surface area contributed by atoms with Crippen molar-refractivity contribution in [2.24, 2.45) is 11.8 Å². The number of nitrogens with one attached hydrogen (secondary N) is 1. The lowest BCUT2D eigenvalue weighted by Gasteiger charge is -2.55. The molecule has 192 valence electrons. The normalized spacial score (nSPS) is 25.4. The summed E-state index contributed by atoms with van der Waals surface area (Å²) < 4.78 is 67.0. The van der Waals surface area contributed by atoms with Crippen LogP contribution in [0.25, 0.3) is 0 Å². The largest absolute Gasteiger partial charge is 0.378 e. The topological polar surface area (TPSA) is 104 Å². The van der Waals surface area contributed by atoms with Crippen LogP contribution in [0.15, 0.2) is 35.2 Å². The van der Waals surface area contributed by atoms with Crippen LogP contribution >= 0.6 is 11.6 Å². The van der Waals surface area contributed by atoms with Crippen LogP contribution in [0.2, 0.25) is 5.02 Å². The molecule has 2 aromatic carbocycles. The molecule has 2 unspecified atom stereocenters. The molecule has 2 atom stereocenters. The Labute approximate surface area is 211 Å². The molecule has 0 spiro atoms. The zero-order valence-corrected chi connectivity index (χ0v) is 20.9. The Kier molecular flexibility index (Phi) is 6.67. The second-order valence-electron chi connectivity index (χ2n) is 9.76. The maximum Gasteiger partial charge on any atom is 0.255 e. The minimum Gasteiger partial charge on any atom is -0.378 e. The van der Waals surface area contributed by atoms with Gasteiger partial charge in [0.15, 0.2) is 27.3 Å². The van der Waals surface area contributed by atoms with E-state index in [2.05, 4.69) is 17.2 Å². The minimum absolute atomic E-state index is 0.109. The summed E-state index contributed by atoms with van der Waals surface area (Å²) >= 11 is 6.18. The van der Waals surface area contributed by atoms with Crippen molar-refractivity contribution in [3.05, 3.63) is 58.4 Å². The number of halogens is 4. The maximum atomic E-state index is 13.5. The first kappa shape index (κ1) is 26.5. The second kappa shape index (κ2) is 9.06. The van der Waals surface area contributed by atoms with E-state index in [-0.39, 0.29) is 34.0 Å². The molecule has 0 radical (unpaired) electrons. The molecule has 0 heterocycles. The third-order valence-corrected chi connectivity index (χ3v) is 9.31. The number of sulfone groups is 1. The molecule has 3 aliphatic carbocycles. The van der Waals surface area contributed by atoms with Gasteiger partial charge in [0.25, 0.3) is 5.91 Å². The number of anilines is 1. The summed E-state index contributed by atoms with van der Waals surface area (Å²) in [4.78, 5) is 12.3. The van der Waals surface area contributed by atoms with E-state index < -0.39 is 61.5 Å². The maximum absolute atomic E-state index is 13.5. The van der Waals surface area contributed by atoms with E-state index in [1.165, 1.54) is 26.0 Å². The Morgan fingerprint density at radius 3 is 2.25 bits per heavy atom. The molecule has 3 saturated carbocycles. The predicted octanol–water partition coefficient (Wildman–Crippen LogP) is 4.09. The van der Waals surface area contributed by atoms with E-state index in [0.29, 0.717) is 18.6 Å². The molecule has 0 aliphatic heterocycles. The smallest absolute Gasteiger partial charge is 0.255 e. The van der Waals surface area contributed by atoms with Crippen molar-refractivity contribution in [1.29, 1.82) is 0 Å². The molecule has 3 aliphatic rings. The van der Waals surface area contributed by atoms with Gasteiger partial charge in [-0.15, -0.1) is 0 Å². The lowest BCUT2D eigenvalue weighted by molar-refractivity contribution is -0.132. The van der Waals surface area contributed by atoms with Gasteiger partial charge >= 0.3 is 0 Å². The van der Waals surface area contributed by atoms with Gasteiger partial charge in [-0.25, -0.2) is 21.6 Å². The van der Waals surface area contributed by atoms with Gasteiger partial charge in [-0.2, -0.15) is 0 Å². The number of hydrogen-bond donors (Lipinski definition) is 3. The molecular weight excluding hydrogens is 519 g/mol. The average molecular weight is 542 g/mol. The van der Waals surface area contributed by atoms with E-state index >= 15 is 0 Å². The van der Waals surface area contributed by atoms with Crippen LogP contribution in [0.5, 0.6) is 0 Å². The Morgan fingerprint density at radius 1 is 1.11 bits per heavy atom.